The minimum atomic E-state index is -0.643. The molecule has 0 N–H and O–H groups in total. The number of ether oxygens (including phenoxy) is 2. The lowest BCUT2D eigenvalue weighted by Gasteiger charge is -2.11. The van der Waals surface area contributed by atoms with Crippen LogP contribution in [-0.4, -0.2) is 24.3 Å². The molecule has 106 valence electrons. The van der Waals surface area contributed by atoms with Crippen LogP contribution in [0.5, 0.6) is 5.75 Å². The Balaban J connectivity index is 3.08. The fourth-order valence-corrected chi connectivity index (χ4v) is 1.35. The second-order valence-electron chi connectivity index (χ2n) is 4.49. The summed E-state index contributed by atoms with van der Waals surface area (Å²) < 4.78 is 10.0. The van der Waals surface area contributed by atoms with Gasteiger partial charge in [0.25, 0.3) is 0 Å². The summed E-state index contributed by atoms with van der Waals surface area (Å²) in [4.78, 5) is 34.2. The molecule has 0 atom stereocenters. The summed E-state index contributed by atoms with van der Waals surface area (Å²) in [6.07, 6.45) is 0.227. The average molecular weight is 276 g/mol. The molecule has 0 unspecified atom stereocenters. The summed E-state index contributed by atoms with van der Waals surface area (Å²) in [5, 5.41) is 0. The highest BCUT2D eigenvalue weighted by atomic mass is 16.5. The summed E-state index contributed by atoms with van der Waals surface area (Å²) >= 11 is 0. The van der Waals surface area contributed by atoms with Gasteiger partial charge in [0, 0.05) is 11.1 Å². The van der Waals surface area contributed by atoms with E-state index in [1.807, 2.05) is 0 Å². The van der Waals surface area contributed by atoms with E-state index in [-0.39, 0.29) is 28.6 Å². The van der Waals surface area contributed by atoms with Gasteiger partial charge in [0.05, 0.1) is 11.7 Å². The number of hydrogen-bond acceptors (Lipinski definition) is 5. The first kappa shape index (κ1) is 15.6. The van der Waals surface area contributed by atoms with E-state index >= 15 is 0 Å². The van der Waals surface area contributed by atoms with Crippen molar-refractivity contribution in [1.82, 2.24) is 0 Å². The number of carbonyl (C=O) groups is 3. The van der Waals surface area contributed by atoms with Gasteiger partial charge in [-0.1, -0.05) is 6.58 Å². The molecule has 0 saturated carbocycles. The molecule has 0 aliphatic heterocycles. The van der Waals surface area contributed by atoms with E-state index in [0.717, 1.165) is 0 Å². The number of hydrogen-bond donors (Lipinski definition) is 0. The van der Waals surface area contributed by atoms with Crippen LogP contribution in [0.3, 0.4) is 0 Å². The Kier molecular flexibility index (Phi) is 5.20. The van der Waals surface area contributed by atoms with Gasteiger partial charge in [0.1, 0.15) is 5.75 Å². The Morgan fingerprint density at radius 3 is 2.45 bits per heavy atom. The molecule has 0 saturated heterocycles. The van der Waals surface area contributed by atoms with E-state index in [9.17, 15) is 14.4 Å². The van der Waals surface area contributed by atoms with Gasteiger partial charge in [-0.2, -0.15) is 0 Å². The Labute approximate surface area is 117 Å². The Morgan fingerprint density at radius 1 is 1.30 bits per heavy atom. The van der Waals surface area contributed by atoms with Crippen molar-refractivity contribution in [1.29, 1.82) is 0 Å². The normalized spacial score (nSPS) is 10.0. The second-order valence-corrected chi connectivity index (χ2v) is 4.49. The number of aldehydes is 1. The molecule has 0 aliphatic rings. The van der Waals surface area contributed by atoms with Crippen LogP contribution in [0.15, 0.2) is 30.4 Å². The smallest absolute Gasteiger partial charge is 0.339 e. The molecule has 1 aromatic carbocycles. The molecule has 5 nitrogen and oxygen atoms in total. The van der Waals surface area contributed by atoms with E-state index in [0.29, 0.717) is 6.29 Å². The predicted octanol–water partition coefficient (Wildman–Crippen LogP) is 2.55. The van der Waals surface area contributed by atoms with E-state index in [1.165, 1.54) is 25.1 Å². The van der Waals surface area contributed by atoms with E-state index < -0.39 is 11.9 Å². The first-order valence-electron chi connectivity index (χ1n) is 6.03. The molecular weight excluding hydrogens is 260 g/mol. The number of carbonyl (C=O) groups excluding carboxylic acids is 3. The maximum atomic E-state index is 11.9. The molecule has 20 heavy (non-hydrogen) atoms. The molecule has 0 aliphatic carbocycles. The van der Waals surface area contributed by atoms with Crippen LogP contribution in [0.25, 0.3) is 0 Å². The monoisotopic (exact) mass is 276 g/mol. The van der Waals surface area contributed by atoms with Gasteiger partial charge in [0.2, 0.25) is 0 Å². The summed E-state index contributed by atoms with van der Waals surface area (Å²) in [5.41, 5.74) is 0.460. The first-order valence-corrected chi connectivity index (χ1v) is 6.03. The van der Waals surface area contributed by atoms with Gasteiger partial charge in [-0.25, -0.2) is 9.59 Å². The van der Waals surface area contributed by atoms with Crippen molar-refractivity contribution >= 4 is 18.2 Å². The summed E-state index contributed by atoms with van der Waals surface area (Å²) in [6.45, 7) is 8.37. The minimum Gasteiger partial charge on any atom is -0.459 e. The maximum Gasteiger partial charge on any atom is 0.339 e. The summed E-state index contributed by atoms with van der Waals surface area (Å²) in [6, 6.07) is 4.12. The van der Waals surface area contributed by atoms with Crippen LogP contribution in [-0.2, 0) is 9.53 Å². The fraction of sp³-hybridized carbons (Fsp3) is 0.267. The third-order valence-corrected chi connectivity index (χ3v) is 2.27. The highest BCUT2D eigenvalue weighted by Crippen LogP contribution is 2.19. The lowest BCUT2D eigenvalue weighted by molar-refractivity contribution is -0.130. The lowest BCUT2D eigenvalue weighted by Crippen LogP contribution is -2.14. The van der Waals surface area contributed by atoms with Crippen molar-refractivity contribution in [2.45, 2.75) is 26.9 Å². The van der Waals surface area contributed by atoms with Gasteiger partial charge >= 0.3 is 11.9 Å². The van der Waals surface area contributed by atoms with Crippen molar-refractivity contribution in [3.05, 3.63) is 41.5 Å². The molecule has 1 aromatic rings. The van der Waals surface area contributed by atoms with Crippen molar-refractivity contribution in [2.24, 2.45) is 0 Å². The van der Waals surface area contributed by atoms with Crippen LogP contribution in [0.4, 0.5) is 0 Å². The van der Waals surface area contributed by atoms with Gasteiger partial charge < -0.3 is 9.47 Å². The van der Waals surface area contributed by atoms with Crippen LogP contribution in [0.1, 0.15) is 41.5 Å². The molecule has 0 heterocycles. The van der Waals surface area contributed by atoms with Gasteiger partial charge in [-0.3, -0.25) is 4.79 Å². The van der Waals surface area contributed by atoms with E-state index in [2.05, 4.69) is 6.58 Å². The lowest BCUT2D eigenvalue weighted by atomic mass is 10.1. The largest absolute Gasteiger partial charge is 0.459 e. The van der Waals surface area contributed by atoms with Crippen molar-refractivity contribution in [2.75, 3.05) is 0 Å². The molecule has 1 rings (SSSR count). The zero-order chi connectivity index (χ0) is 15.3. The van der Waals surface area contributed by atoms with Crippen LogP contribution in [0.2, 0.25) is 0 Å². The Bertz CT molecular complexity index is 557. The zero-order valence-corrected chi connectivity index (χ0v) is 11.6. The maximum absolute atomic E-state index is 11.9. The number of benzene rings is 1. The molecule has 0 fully saturated rings. The van der Waals surface area contributed by atoms with E-state index in [4.69, 9.17) is 9.47 Å². The average Bonchev–Trinajstić information content (AvgIpc) is 2.37. The quantitative estimate of drug-likeness (QED) is 0.358. The van der Waals surface area contributed by atoms with Gasteiger partial charge in [-0.15, -0.1) is 0 Å². The van der Waals surface area contributed by atoms with Crippen LogP contribution >= 0.6 is 0 Å². The standard InChI is InChI=1S/C15H16O5/c1-9(2)14(17)20-12-6-5-11(8-16)13(7-12)15(18)19-10(3)4/h5-8,10H,1H2,2-4H3. The molecule has 5 heteroatoms. The van der Waals surface area contributed by atoms with Crippen LogP contribution in [0, 0.1) is 0 Å². The second kappa shape index (κ2) is 6.65. The Morgan fingerprint density at radius 2 is 1.95 bits per heavy atom. The van der Waals surface area contributed by atoms with Crippen LogP contribution < -0.4 is 4.74 Å². The molecule has 0 spiro atoms. The molecule has 0 bridgehead atoms. The van der Waals surface area contributed by atoms with E-state index in [1.54, 1.807) is 13.8 Å². The minimum absolute atomic E-state index is 0.0562. The highest BCUT2D eigenvalue weighted by Gasteiger charge is 2.16. The topological polar surface area (TPSA) is 69.7 Å². The molecule has 0 aromatic heterocycles. The van der Waals surface area contributed by atoms with Crippen molar-refractivity contribution in [3.8, 4) is 5.75 Å². The van der Waals surface area contributed by atoms with Gasteiger partial charge in [-0.05, 0) is 39.0 Å². The third-order valence-electron chi connectivity index (χ3n) is 2.27. The Hall–Kier alpha value is -2.43. The molecule has 0 radical (unpaired) electrons. The van der Waals surface area contributed by atoms with Gasteiger partial charge in [0.15, 0.2) is 6.29 Å². The fourth-order valence-electron chi connectivity index (χ4n) is 1.35. The summed E-state index contributed by atoms with van der Waals surface area (Å²) in [5.74, 6) is -1.10. The van der Waals surface area contributed by atoms with Crippen molar-refractivity contribution < 1.29 is 23.9 Å². The number of rotatable bonds is 5. The zero-order valence-electron chi connectivity index (χ0n) is 11.6. The SMILES string of the molecule is C=C(C)C(=O)Oc1ccc(C=O)c(C(=O)OC(C)C)c1. The third kappa shape index (κ3) is 4.05. The summed E-state index contributed by atoms with van der Waals surface area (Å²) in [7, 11) is 0. The number of esters is 2. The van der Waals surface area contributed by atoms with Crippen molar-refractivity contribution in [3.63, 3.8) is 0 Å². The molecular formula is C15H16O5. The molecule has 0 amide bonds. The first-order chi connectivity index (χ1) is 9.35. The highest BCUT2D eigenvalue weighted by molar-refractivity contribution is 5.99. The predicted molar refractivity (Wildman–Crippen MR) is 72.8 cm³/mol.